The molecule has 1 fully saturated rings. The van der Waals surface area contributed by atoms with Crippen LogP contribution in [-0.4, -0.2) is 36.7 Å². The van der Waals surface area contributed by atoms with Crippen molar-refractivity contribution in [3.63, 3.8) is 0 Å². The van der Waals surface area contributed by atoms with Crippen molar-refractivity contribution >= 4 is 21.7 Å². The fraction of sp³-hybridized carbons (Fsp3) is 0.278. The van der Waals surface area contributed by atoms with Gasteiger partial charge in [-0.05, 0) is 37.1 Å². The summed E-state index contributed by atoms with van der Waals surface area (Å²) in [6, 6.07) is 4.50. The SMILES string of the molecule is O=C(Oc1cc(F)ccc1[N+](=O)[O-])C1CCN(S(=O)(=O)c2cc(F)ccc2F)CC1. The van der Waals surface area contributed by atoms with Gasteiger partial charge in [0.2, 0.25) is 15.8 Å². The number of carbonyl (C=O) groups excluding carboxylic acids is 1. The molecule has 3 rings (SSSR count). The Balaban J connectivity index is 1.70. The van der Waals surface area contributed by atoms with Crippen molar-refractivity contribution in [2.75, 3.05) is 13.1 Å². The molecule has 1 aliphatic rings. The van der Waals surface area contributed by atoms with Gasteiger partial charge in [0.1, 0.15) is 22.3 Å². The first kappa shape index (κ1) is 21.7. The Bertz CT molecular complexity index is 1100. The predicted octanol–water partition coefficient (Wildman–Crippen LogP) is 3.02. The molecule has 8 nitrogen and oxygen atoms in total. The van der Waals surface area contributed by atoms with Crippen molar-refractivity contribution in [2.45, 2.75) is 17.7 Å². The van der Waals surface area contributed by atoms with Gasteiger partial charge in [0.25, 0.3) is 0 Å². The van der Waals surface area contributed by atoms with E-state index in [4.69, 9.17) is 4.74 Å². The molecule has 0 amide bonds. The summed E-state index contributed by atoms with van der Waals surface area (Å²) in [6.07, 6.45) is -0.0315. The van der Waals surface area contributed by atoms with Gasteiger partial charge in [0.05, 0.1) is 10.8 Å². The lowest BCUT2D eigenvalue weighted by Crippen LogP contribution is -2.41. The van der Waals surface area contributed by atoms with E-state index in [0.717, 1.165) is 22.5 Å². The first-order valence-electron chi connectivity index (χ1n) is 8.70. The molecule has 2 aromatic rings. The molecule has 1 aliphatic heterocycles. The van der Waals surface area contributed by atoms with E-state index in [9.17, 15) is 36.5 Å². The summed E-state index contributed by atoms with van der Waals surface area (Å²) < 4.78 is 71.6. The molecule has 0 bridgehead atoms. The lowest BCUT2D eigenvalue weighted by atomic mass is 9.98. The number of halogens is 3. The van der Waals surface area contributed by atoms with Crippen LogP contribution in [0.3, 0.4) is 0 Å². The molecule has 0 N–H and O–H groups in total. The van der Waals surface area contributed by atoms with Gasteiger partial charge < -0.3 is 4.74 Å². The number of nitro groups is 1. The molecule has 0 aromatic heterocycles. The number of benzene rings is 2. The maximum Gasteiger partial charge on any atom is 0.314 e. The minimum absolute atomic E-state index is 0.0158. The fourth-order valence-electron chi connectivity index (χ4n) is 3.06. The van der Waals surface area contributed by atoms with Crippen LogP contribution in [0.4, 0.5) is 18.9 Å². The van der Waals surface area contributed by atoms with E-state index in [0.29, 0.717) is 18.2 Å². The number of piperidine rings is 1. The van der Waals surface area contributed by atoms with E-state index in [1.807, 2.05) is 0 Å². The Kier molecular flexibility index (Phi) is 6.08. The molecule has 0 spiro atoms. The van der Waals surface area contributed by atoms with Crippen LogP contribution in [0, 0.1) is 33.5 Å². The molecule has 160 valence electrons. The summed E-state index contributed by atoms with van der Waals surface area (Å²) in [5, 5.41) is 11.0. The topological polar surface area (TPSA) is 107 Å². The zero-order valence-electron chi connectivity index (χ0n) is 15.3. The minimum atomic E-state index is -4.32. The van der Waals surface area contributed by atoms with Gasteiger partial charge in [-0.25, -0.2) is 21.6 Å². The van der Waals surface area contributed by atoms with Crippen LogP contribution < -0.4 is 4.74 Å². The number of nitro benzene ring substituents is 1. The average Bonchev–Trinajstić information content (AvgIpc) is 2.69. The minimum Gasteiger partial charge on any atom is -0.419 e. The maximum absolute atomic E-state index is 13.9. The average molecular weight is 444 g/mol. The molecule has 0 aliphatic carbocycles. The van der Waals surface area contributed by atoms with Crippen LogP contribution in [0.2, 0.25) is 0 Å². The standard InChI is InChI=1S/C18H15F3N2O6S/c19-12-2-4-15(23(25)26)16(9-12)29-18(24)11-5-7-22(8-6-11)30(27,28)17-10-13(20)1-3-14(17)21/h1-4,9-11H,5-8H2. The van der Waals surface area contributed by atoms with Crippen molar-refractivity contribution in [3.8, 4) is 5.75 Å². The van der Waals surface area contributed by atoms with Crippen LogP contribution in [0.15, 0.2) is 41.3 Å². The number of hydrogen-bond donors (Lipinski definition) is 0. The molecule has 1 saturated heterocycles. The Labute approximate surface area is 169 Å². The summed E-state index contributed by atoms with van der Waals surface area (Å²) >= 11 is 0. The van der Waals surface area contributed by atoms with E-state index in [-0.39, 0.29) is 25.9 Å². The van der Waals surface area contributed by atoms with E-state index < -0.39 is 60.6 Å². The number of sulfonamides is 1. The molecule has 1 heterocycles. The normalized spacial score (nSPS) is 15.7. The molecule has 30 heavy (non-hydrogen) atoms. The van der Waals surface area contributed by atoms with Gasteiger partial charge in [-0.3, -0.25) is 14.9 Å². The third-order valence-electron chi connectivity index (χ3n) is 4.63. The van der Waals surface area contributed by atoms with Gasteiger partial charge in [-0.2, -0.15) is 4.31 Å². The first-order valence-corrected chi connectivity index (χ1v) is 10.1. The second kappa shape index (κ2) is 8.40. The maximum atomic E-state index is 13.9. The van der Waals surface area contributed by atoms with Crippen molar-refractivity contribution in [1.82, 2.24) is 4.31 Å². The van der Waals surface area contributed by atoms with Crippen molar-refractivity contribution < 1.29 is 36.0 Å². The van der Waals surface area contributed by atoms with Gasteiger partial charge in [-0.1, -0.05) is 0 Å². The number of ether oxygens (including phenoxy) is 1. The van der Waals surface area contributed by atoms with Gasteiger partial charge in [0, 0.05) is 25.2 Å². The Morgan fingerprint density at radius 1 is 1.07 bits per heavy atom. The zero-order valence-corrected chi connectivity index (χ0v) is 16.1. The second-order valence-corrected chi connectivity index (χ2v) is 8.45. The van der Waals surface area contributed by atoms with Crippen LogP contribution in [-0.2, 0) is 14.8 Å². The summed E-state index contributed by atoms with van der Waals surface area (Å²) in [4.78, 5) is 21.7. The largest absolute Gasteiger partial charge is 0.419 e. The lowest BCUT2D eigenvalue weighted by molar-refractivity contribution is -0.385. The quantitative estimate of drug-likeness (QED) is 0.304. The highest BCUT2D eigenvalue weighted by molar-refractivity contribution is 7.89. The smallest absolute Gasteiger partial charge is 0.314 e. The van der Waals surface area contributed by atoms with E-state index >= 15 is 0 Å². The highest BCUT2D eigenvalue weighted by atomic mass is 32.2. The Morgan fingerprint density at radius 3 is 2.30 bits per heavy atom. The molecular weight excluding hydrogens is 429 g/mol. The summed E-state index contributed by atoms with van der Waals surface area (Å²) in [7, 11) is -4.32. The van der Waals surface area contributed by atoms with Crippen molar-refractivity contribution in [2.24, 2.45) is 5.92 Å². The number of rotatable bonds is 5. The second-order valence-electron chi connectivity index (χ2n) is 6.54. The number of esters is 1. The van der Waals surface area contributed by atoms with Crippen LogP contribution in [0.25, 0.3) is 0 Å². The molecule has 0 radical (unpaired) electrons. The Hall–Kier alpha value is -2.99. The third kappa shape index (κ3) is 4.44. The highest BCUT2D eigenvalue weighted by Gasteiger charge is 2.35. The monoisotopic (exact) mass is 444 g/mol. The molecule has 2 aromatic carbocycles. The van der Waals surface area contributed by atoms with E-state index in [2.05, 4.69) is 0 Å². The molecular formula is C18H15F3N2O6S. The lowest BCUT2D eigenvalue weighted by Gasteiger charge is -2.30. The third-order valence-corrected chi connectivity index (χ3v) is 6.54. The van der Waals surface area contributed by atoms with Crippen LogP contribution in [0.1, 0.15) is 12.8 Å². The predicted molar refractivity (Wildman–Crippen MR) is 96.5 cm³/mol. The summed E-state index contributed by atoms with van der Waals surface area (Å²) in [5.41, 5.74) is -0.591. The fourth-order valence-corrected chi connectivity index (χ4v) is 4.60. The molecule has 12 heteroatoms. The number of carbonyl (C=O) groups is 1. The summed E-state index contributed by atoms with van der Waals surface area (Å²) in [6.45, 7) is -0.355. The first-order chi connectivity index (χ1) is 14.1. The van der Waals surface area contributed by atoms with E-state index in [1.165, 1.54) is 0 Å². The number of nitrogens with zero attached hydrogens (tertiary/aromatic N) is 2. The van der Waals surface area contributed by atoms with Crippen LogP contribution in [0.5, 0.6) is 5.75 Å². The van der Waals surface area contributed by atoms with Crippen LogP contribution >= 0.6 is 0 Å². The summed E-state index contributed by atoms with van der Waals surface area (Å²) in [5.74, 6) is -5.08. The number of hydrogen-bond acceptors (Lipinski definition) is 6. The van der Waals surface area contributed by atoms with Gasteiger partial charge in [-0.15, -0.1) is 0 Å². The molecule has 0 saturated carbocycles. The zero-order chi connectivity index (χ0) is 22.1. The Morgan fingerprint density at radius 2 is 1.67 bits per heavy atom. The highest BCUT2D eigenvalue weighted by Crippen LogP contribution is 2.31. The van der Waals surface area contributed by atoms with Crippen molar-refractivity contribution in [1.29, 1.82) is 0 Å². The molecule has 0 unspecified atom stereocenters. The van der Waals surface area contributed by atoms with Gasteiger partial charge >= 0.3 is 11.7 Å². The van der Waals surface area contributed by atoms with Crippen molar-refractivity contribution in [3.05, 3.63) is 64.0 Å². The molecule has 0 atom stereocenters. The van der Waals surface area contributed by atoms with E-state index in [1.54, 1.807) is 0 Å². The van der Waals surface area contributed by atoms with Gasteiger partial charge in [0.15, 0.2) is 0 Å².